The predicted molar refractivity (Wildman–Crippen MR) is 297 cm³/mol. The summed E-state index contributed by atoms with van der Waals surface area (Å²) in [5.41, 5.74) is 0. The second-order valence-electron chi connectivity index (χ2n) is 21.4. The highest BCUT2D eigenvalue weighted by Crippen LogP contribution is 2.18. The van der Waals surface area contributed by atoms with Crippen LogP contribution in [0.5, 0.6) is 0 Å². The highest BCUT2D eigenvalue weighted by Gasteiger charge is 2.20. The molecule has 0 rings (SSSR count). The van der Waals surface area contributed by atoms with Crippen molar-refractivity contribution in [3.63, 3.8) is 0 Å². The normalized spacial score (nSPS) is 12.6. The van der Waals surface area contributed by atoms with Crippen molar-refractivity contribution < 1.29 is 24.5 Å². The van der Waals surface area contributed by atoms with Gasteiger partial charge in [0.15, 0.2) is 0 Å². The standard InChI is InChI=1S/C62H121NO5/c1-3-5-7-9-11-13-15-17-18-24-27-31-34-38-42-46-50-54-60(65)59(58-64)63-61(66)55-51-47-43-39-35-32-28-25-22-20-19-21-23-26-29-33-37-41-45-49-53-57-68-62(67)56-52-48-44-40-36-30-16-14-12-10-8-6-4-2/h20,22,59-60,64-65H,3-19,21,23-58H2,1-2H3,(H,63,66)/b22-20-. The Morgan fingerprint density at radius 2 is 0.691 bits per heavy atom. The summed E-state index contributed by atoms with van der Waals surface area (Å²) in [6.07, 6.45) is 69.3. The number of amides is 1. The lowest BCUT2D eigenvalue weighted by atomic mass is 10.0. The highest BCUT2D eigenvalue weighted by atomic mass is 16.5. The Bertz CT molecular complexity index is 1020. The van der Waals surface area contributed by atoms with Crippen molar-refractivity contribution in [3.8, 4) is 0 Å². The highest BCUT2D eigenvalue weighted by molar-refractivity contribution is 5.76. The number of esters is 1. The van der Waals surface area contributed by atoms with Gasteiger partial charge in [-0.3, -0.25) is 9.59 Å². The zero-order chi connectivity index (χ0) is 49.3. The summed E-state index contributed by atoms with van der Waals surface area (Å²) in [6, 6.07) is -0.546. The number of aliphatic hydroxyl groups is 2. The molecule has 0 fully saturated rings. The van der Waals surface area contributed by atoms with E-state index in [1.807, 2.05) is 0 Å². The summed E-state index contributed by atoms with van der Waals surface area (Å²) >= 11 is 0. The second kappa shape index (κ2) is 58.2. The molecule has 1 amide bonds. The molecule has 3 N–H and O–H groups in total. The molecule has 0 saturated carbocycles. The average molecular weight is 961 g/mol. The molecule has 0 aliphatic rings. The summed E-state index contributed by atoms with van der Waals surface area (Å²) < 4.78 is 5.48. The van der Waals surface area contributed by atoms with Gasteiger partial charge in [-0.05, 0) is 51.4 Å². The monoisotopic (exact) mass is 960 g/mol. The number of carbonyl (C=O) groups excluding carboxylic acids is 2. The number of carbonyl (C=O) groups is 2. The summed E-state index contributed by atoms with van der Waals surface area (Å²) in [6.45, 7) is 4.97. The Balaban J connectivity index is 3.42. The zero-order valence-electron chi connectivity index (χ0n) is 46.1. The van der Waals surface area contributed by atoms with E-state index in [0.29, 0.717) is 25.9 Å². The first-order valence-corrected chi connectivity index (χ1v) is 30.9. The van der Waals surface area contributed by atoms with Crippen molar-refractivity contribution in [2.75, 3.05) is 13.2 Å². The quantitative estimate of drug-likeness (QED) is 0.0321. The number of nitrogens with one attached hydrogen (secondary N) is 1. The van der Waals surface area contributed by atoms with Gasteiger partial charge in [0.1, 0.15) is 0 Å². The van der Waals surface area contributed by atoms with Crippen molar-refractivity contribution in [1.29, 1.82) is 0 Å². The van der Waals surface area contributed by atoms with Crippen LogP contribution in [0.4, 0.5) is 0 Å². The van der Waals surface area contributed by atoms with Crippen molar-refractivity contribution in [2.45, 2.75) is 360 Å². The van der Waals surface area contributed by atoms with Gasteiger partial charge in [0.25, 0.3) is 0 Å². The van der Waals surface area contributed by atoms with Crippen LogP contribution < -0.4 is 5.32 Å². The van der Waals surface area contributed by atoms with Gasteiger partial charge in [-0.15, -0.1) is 0 Å². The summed E-state index contributed by atoms with van der Waals surface area (Å²) in [5, 5.41) is 23.3. The van der Waals surface area contributed by atoms with E-state index >= 15 is 0 Å². The topological polar surface area (TPSA) is 95.9 Å². The van der Waals surface area contributed by atoms with Crippen LogP contribution in [0.3, 0.4) is 0 Å². The van der Waals surface area contributed by atoms with Gasteiger partial charge in [-0.2, -0.15) is 0 Å². The lowest BCUT2D eigenvalue weighted by molar-refractivity contribution is -0.143. The Morgan fingerprint density at radius 3 is 1.04 bits per heavy atom. The van der Waals surface area contributed by atoms with Crippen molar-refractivity contribution in [1.82, 2.24) is 5.32 Å². The minimum absolute atomic E-state index is 0.0105. The van der Waals surface area contributed by atoms with E-state index in [-0.39, 0.29) is 18.5 Å². The molecular weight excluding hydrogens is 839 g/mol. The number of rotatable bonds is 58. The van der Waals surface area contributed by atoms with Crippen molar-refractivity contribution in [2.24, 2.45) is 0 Å². The number of aliphatic hydroxyl groups excluding tert-OH is 2. The van der Waals surface area contributed by atoms with Gasteiger partial charge in [-0.25, -0.2) is 0 Å². The largest absolute Gasteiger partial charge is 0.466 e. The first-order valence-electron chi connectivity index (χ1n) is 30.9. The SMILES string of the molecule is CCCCCCCCCCCCCCCCCCCC(O)C(CO)NC(=O)CCCCCCCCC/C=C\CCCCCCCCCCCCOC(=O)CCCCCCCCCCCCCCC. The number of hydrogen-bond acceptors (Lipinski definition) is 5. The summed E-state index contributed by atoms with van der Waals surface area (Å²) in [7, 11) is 0. The van der Waals surface area contributed by atoms with E-state index in [0.717, 1.165) is 38.5 Å². The molecule has 2 atom stereocenters. The molecule has 6 nitrogen and oxygen atoms in total. The summed E-state index contributed by atoms with van der Waals surface area (Å²) in [5.74, 6) is -0.0292. The van der Waals surface area contributed by atoms with Crippen LogP contribution >= 0.6 is 0 Å². The molecule has 0 aliphatic heterocycles. The van der Waals surface area contributed by atoms with Crippen LogP contribution in [0.15, 0.2) is 12.2 Å². The fourth-order valence-corrected chi connectivity index (χ4v) is 9.81. The maximum atomic E-state index is 12.5. The molecule has 0 spiro atoms. The van der Waals surface area contributed by atoms with Gasteiger partial charge < -0.3 is 20.3 Å². The molecule has 0 aromatic heterocycles. The fourth-order valence-electron chi connectivity index (χ4n) is 9.81. The third-order valence-corrected chi connectivity index (χ3v) is 14.6. The molecule has 404 valence electrons. The Hall–Kier alpha value is -1.40. The molecule has 0 bridgehead atoms. The van der Waals surface area contributed by atoms with E-state index in [9.17, 15) is 19.8 Å². The Labute approximate surface area is 425 Å². The number of allylic oxidation sites excluding steroid dienone is 2. The first-order chi connectivity index (χ1) is 33.5. The molecule has 0 aromatic carbocycles. The molecule has 0 aliphatic carbocycles. The minimum Gasteiger partial charge on any atom is -0.466 e. The van der Waals surface area contributed by atoms with E-state index in [2.05, 4.69) is 31.3 Å². The summed E-state index contributed by atoms with van der Waals surface area (Å²) in [4.78, 5) is 24.5. The second-order valence-corrected chi connectivity index (χ2v) is 21.4. The maximum absolute atomic E-state index is 12.5. The van der Waals surface area contributed by atoms with Crippen LogP contribution in [0, 0.1) is 0 Å². The predicted octanol–water partition coefficient (Wildman–Crippen LogP) is 19.2. The van der Waals surface area contributed by atoms with Crippen molar-refractivity contribution in [3.05, 3.63) is 12.2 Å². The van der Waals surface area contributed by atoms with Crippen LogP contribution in [0.2, 0.25) is 0 Å². The third kappa shape index (κ3) is 53.9. The van der Waals surface area contributed by atoms with Gasteiger partial charge in [0, 0.05) is 12.8 Å². The van der Waals surface area contributed by atoms with Crippen LogP contribution in [-0.2, 0) is 14.3 Å². The van der Waals surface area contributed by atoms with Crippen molar-refractivity contribution >= 4 is 11.9 Å². The number of unbranched alkanes of at least 4 members (excludes halogenated alkanes) is 45. The zero-order valence-corrected chi connectivity index (χ0v) is 46.1. The van der Waals surface area contributed by atoms with Crippen LogP contribution in [0.25, 0.3) is 0 Å². The Kier molecular flexibility index (Phi) is 57.0. The van der Waals surface area contributed by atoms with E-state index in [1.165, 1.54) is 276 Å². The lowest BCUT2D eigenvalue weighted by Crippen LogP contribution is -2.45. The maximum Gasteiger partial charge on any atom is 0.305 e. The third-order valence-electron chi connectivity index (χ3n) is 14.6. The Morgan fingerprint density at radius 1 is 0.397 bits per heavy atom. The molecule has 0 saturated heterocycles. The minimum atomic E-state index is -0.668. The molecule has 6 heteroatoms. The smallest absolute Gasteiger partial charge is 0.305 e. The van der Waals surface area contributed by atoms with Gasteiger partial charge in [0.2, 0.25) is 5.91 Å². The molecule has 0 aromatic rings. The number of hydrogen-bond donors (Lipinski definition) is 3. The number of ether oxygens (including phenoxy) is 1. The van der Waals surface area contributed by atoms with E-state index < -0.39 is 12.1 Å². The van der Waals surface area contributed by atoms with Gasteiger partial charge >= 0.3 is 5.97 Å². The van der Waals surface area contributed by atoms with Crippen LogP contribution in [-0.4, -0.2) is 47.4 Å². The first kappa shape index (κ1) is 66.6. The van der Waals surface area contributed by atoms with Crippen LogP contribution in [0.1, 0.15) is 348 Å². The molecular formula is C62H121NO5. The van der Waals surface area contributed by atoms with Gasteiger partial charge in [-0.1, -0.05) is 296 Å². The fraction of sp³-hybridized carbons (Fsp3) is 0.935. The molecule has 0 radical (unpaired) electrons. The van der Waals surface area contributed by atoms with E-state index in [1.54, 1.807) is 0 Å². The van der Waals surface area contributed by atoms with Gasteiger partial charge in [0.05, 0.1) is 25.4 Å². The molecule has 2 unspecified atom stereocenters. The van der Waals surface area contributed by atoms with E-state index in [4.69, 9.17) is 4.74 Å². The lowest BCUT2D eigenvalue weighted by Gasteiger charge is -2.22. The molecule has 68 heavy (non-hydrogen) atoms. The molecule has 0 heterocycles. The average Bonchev–Trinajstić information content (AvgIpc) is 3.34.